The van der Waals surface area contributed by atoms with Crippen LogP contribution in [-0.4, -0.2) is 9.97 Å². The Morgan fingerprint density at radius 3 is 1.51 bits per heavy atom. The van der Waals surface area contributed by atoms with Gasteiger partial charge < -0.3 is 0 Å². The van der Waals surface area contributed by atoms with Crippen LogP contribution in [0.3, 0.4) is 0 Å². The molecule has 2 heterocycles. The molecule has 0 aliphatic rings. The van der Waals surface area contributed by atoms with Gasteiger partial charge in [0.2, 0.25) is 0 Å². The molecule has 0 fully saturated rings. The van der Waals surface area contributed by atoms with Crippen LogP contribution in [-0.2, 0) is 0 Å². The minimum Gasteiger partial charge on any atom is -0.226 e. The SMILES string of the molecule is c1ccc(-c2ccc(-c3ccc(-c4nc(-c5cccc(-c6ccccc6)c5)c5sc6ccccc6c5n4)cc3)cc2)cc1. The third-order valence-corrected chi connectivity index (χ3v) is 9.10. The Balaban J connectivity index is 1.21. The smallest absolute Gasteiger partial charge is 0.160 e. The Bertz CT molecular complexity index is 2200. The highest BCUT2D eigenvalue weighted by atomic mass is 32.1. The highest BCUT2D eigenvalue weighted by molar-refractivity contribution is 7.26. The molecule has 2 nitrogen and oxygen atoms in total. The third-order valence-electron chi connectivity index (χ3n) is 7.93. The number of rotatable bonds is 5. The summed E-state index contributed by atoms with van der Waals surface area (Å²) in [5.41, 5.74) is 11.2. The molecule has 0 saturated heterocycles. The summed E-state index contributed by atoms with van der Waals surface area (Å²) in [6.07, 6.45) is 0. The number of nitrogens with zero attached hydrogens (tertiary/aromatic N) is 2. The predicted molar refractivity (Wildman–Crippen MR) is 182 cm³/mol. The van der Waals surface area contributed by atoms with Crippen LogP contribution in [0.4, 0.5) is 0 Å². The van der Waals surface area contributed by atoms with Crippen molar-refractivity contribution in [3.8, 4) is 56.0 Å². The molecule has 0 atom stereocenters. The molecule has 0 unspecified atom stereocenters. The predicted octanol–water partition coefficient (Wildman–Crippen LogP) is 11.2. The molecule has 3 heteroatoms. The Hall–Kier alpha value is -5.38. The first-order chi connectivity index (χ1) is 21.3. The fourth-order valence-electron chi connectivity index (χ4n) is 5.69. The second-order valence-electron chi connectivity index (χ2n) is 10.6. The molecule has 0 bridgehead atoms. The highest BCUT2D eigenvalue weighted by Crippen LogP contribution is 2.40. The Labute approximate surface area is 254 Å². The summed E-state index contributed by atoms with van der Waals surface area (Å²) < 4.78 is 2.34. The van der Waals surface area contributed by atoms with E-state index in [0.29, 0.717) is 0 Å². The average Bonchev–Trinajstić information content (AvgIpc) is 3.48. The topological polar surface area (TPSA) is 25.8 Å². The average molecular weight is 567 g/mol. The fraction of sp³-hybridized carbons (Fsp3) is 0. The molecule has 8 rings (SSSR count). The molecule has 2 aromatic heterocycles. The van der Waals surface area contributed by atoms with Crippen LogP contribution >= 0.6 is 11.3 Å². The lowest BCUT2D eigenvalue weighted by Gasteiger charge is -2.10. The quantitative estimate of drug-likeness (QED) is 0.207. The van der Waals surface area contributed by atoms with Gasteiger partial charge in [-0.15, -0.1) is 11.3 Å². The van der Waals surface area contributed by atoms with E-state index >= 15 is 0 Å². The van der Waals surface area contributed by atoms with Gasteiger partial charge in [-0.05, 0) is 45.5 Å². The van der Waals surface area contributed by atoms with E-state index < -0.39 is 0 Å². The summed E-state index contributed by atoms with van der Waals surface area (Å²) in [5, 5.41) is 1.17. The second-order valence-corrected chi connectivity index (χ2v) is 11.7. The number of aromatic nitrogens is 2. The van der Waals surface area contributed by atoms with E-state index in [1.165, 1.54) is 43.5 Å². The fourth-order valence-corrected chi connectivity index (χ4v) is 6.84. The maximum absolute atomic E-state index is 5.22. The number of hydrogen-bond acceptors (Lipinski definition) is 3. The first-order valence-electron chi connectivity index (χ1n) is 14.4. The van der Waals surface area contributed by atoms with E-state index in [1.807, 2.05) is 6.07 Å². The minimum atomic E-state index is 0.738. The molecule has 202 valence electrons. The van der Waals surface area contributed by atoms with Crippen molar-refractivity contribution < 1.29 is 0 Å². The standard InChI is InChI=1S/C40H26N2S/c1-3-10-27(11-4-1)29-18-20-30(21-19-29)31-22-24-32(25-23-31)40-41-37(39-38(42-40)35-16-7-8-17-36(35)43-39)34-15-9-14-33(26-34)28-12-5-2-6-13-28/h1-26H. The van der Waals surface area contributed by atoms with Crippen molar-refractivity contribution >= 4 is 31.6 Å². The largest absolute Gasteiger partial charge is 0.226 e. The summed E-state index contributed by atoms with van der Waals surface area (Å²) in [6, 6.07) is 55.6. The normalized spacial score (nSPS) is 11.3. The summed E-state index contributed by atoms with van der Waals surface area (Å²) in [7, 11) is 0. The summed E-state index contributed by atoms with van der Waals surface area (Å²) in [6.45, 7) is 0. The van der Waals surface area contributed by atoms with Gasteiger partial charge in [-0.3, -0.25) is 0 Å². The van der Waals surface area contributed by atoms with Crippen molar-refractivity contribution in [1.82, 2.24) is 9.97 Å². The minimum absolute atomic E-state index is 0.738. The maximum atomic E-state index is 5.22. The van der Waals surface area contributed by atoms with E-state index in [-0.39, 0.29) is 0 Å². The first-order valence-corrected chi connectivity index (χ1v) is 15.2. The highest BCUT2D eigenvalue weighted by Gasteiger charge is 2.17. The van der Waals surface area contributed by atoms with Gasteiger partial charge in [0.15, 0.2) is 5.82 Å². The third kappa shape index (κ3) is 4.80. The lowest BCUT2D eigenvalue weighted by molar-refractivity contribution is 1.24. The molecule has 0 N–H and O–H groups in total. The molecule has 8 aromatic rings. The van der Waals surface area contributed by atoms with Crippen molar-refractivity contribution in [2.75, 3.05) is 0 Å². The van der Waals surface area contributed by atoms with E-state index in [2.05, 4.69) is 152 Å². The first kappa shape index (κ1) is 25.3. The number of benzene rings is 6. The molecule has 0 amide bonds. The van der Waals surface area contributed by atoms with Crippen LogP contribution < -0.4 is 0 Å². The maximum Gasteiger partial charge on any atom is 0.160 e. The Morgan fingerprint density at radius 1 is 0.372 bits per heavy atom. The van der Waals surface area contributed by atoms with E-state index in [9.17, 15) is 0 Å². The van der Waals surface area contributed by atoms with E-state index in [4.69, 9.17) is 9.97 Å². The Morgan fingerprint density at radius 2 is 0.860 bits per heavy atom. The summed E-state index contributed by atoms with van der Waals surface area (Å²) >= 11 is 1.76. The molecule has 0 radical (unpaired) electrons. The molecular weight excluding hydrogens is 541 g/mol. The molecule has 43 heavy (non-hydrogen) atoms. The number of hydrogen-bond donors (Lipinski definition) is 0. The number of thiophene rings is 1. The van der Waals surface area contributed by atoms with Crippen molar-refractivity contribution in [3.05, 3.63) is 158 Å². The zero-order valence-corrected chi connectivity index (χ0v) is 24.1. The van der Waals surface area contributed by atoms with Gasteiger partial charge in [-0.2, -0.15) is 0 Å². The Kier molecular flexibility index (Phi) is 6.36. The second kappa shape index (κ2) is 10.8. The number of fused-ring (bicyclic) bond motifs is 3. The van der Waals surface area contributed by atoms with Crippen LogP contribution in [0.1, 0.15) is 0 Å². The van der Waals surface area contributed by atoms with Crippen molar-refractivity contribution in [2.24, 2.45) is 0 Å². The van der Waals surface area contributed by atoms with E-state index in [1.54, 1.807) is 11.3 Å². The molecule has 6 aromatic carbocycles. The zero-order chi connectivity index (χ0) is 28.6. The lowest BCUT2D eigenvalue weighted by atomic mass is 9.99. The van der Waals surface area contributed by atoms with Gasteiger partial charge in [0.1, 0.15) is 0 Å². The molecular formula is C40H26N2S. The summed E-state index contributed by atoms with van der Waals surface area (Å²) in [5.74, 6) is 0.738. The van der Waals surface area contributed by atoms with Crippen LogP contribution in [0.2, 0.25) is 0 Å². The van der Waals surface area contributed by atoms with Gasteiger partial charge in [0.05, 0.1) is 15.9 Å². The summed E-state index contributed by atoms with van der Waals surface area (Å²) in [4.78, 5) is 10.4. The molecule has 0 aliphatic carbocycles. The van der Waals surface area contributed by atoms with Gasteiger partial charge >= 0.3 is 0 Å². The molecule has 0 aliphatic heterocycles. The van der Waals surface area contributed by atoms with E-state index in [0.717, 1.165) is 32.9 Å². The zero-order valence-electron chi connectivity index (χ0n) is 23.3. The van der Waals surface area contributed by atoms with Crippen molar-refractivity contribution in [1.29, 1.82) is 0 Å². The van der Waals surface area contributed by atoms with Crippen molar-refractivity contribution in [3.63, 3.8) is 0 Å². The van der Waals surface area contributed by atoms with Gasteiger partial charge in [0.25, 0.3) is 0 Å². The van der Waals surface area contributed by atoms with Crippen molar-refractivity contribution in [2.45, 2.75) is 0 Å². The lowest BCUT2D eigenvalue weighted by Crippen LogP contribution is -1.94. The molecule has 0 spiro atoms. The van der Waals surface area contributed by atoms with Crippen LogP contribution in [0, 0.1) is 0 Å². The monoisotopic (exact) mass is 566 g/mol. The van der Waals surface area contributed by atoms with Gasteiger partial charge in [-0.1, -0.05) is 146 Å². The van der Waals surface area contributed by atoms with Gasteiger partial charge in [-0.25, -0.2) is 9.97 Å². The van der Waals surface area contributed by atoms with Gasteiger partial charge in [0, 0.05) is 21.2 Å². The van der Waals surface area contributed by atoms with Crippen LogP contribution in [0.25, 0.3) is 76.3 Å². The molecule has 0 saturated carbocycles. The van der Waals surface area contributed by atoms with Crippen LogP contribution in [0.5, 0.6) is 0 Å². The van der Waals surface area contributed by atoms with Crippen LogP contribution in [0.15, 0.2) is 158 Å².